The first kappa shape index (κ1) is 18.2. The van der Waals surface area contributed by atoms with Crippen molar-refractivity contribution in [2.75, 3.05) is 17.2 Å². The smallest absolute Gasteiger partial charge is 0.411 e. The van der Waals surface area contributed by atoms with Crippen molar-refractivity contribution in [3.8, 4) is 0 Å². The summed E-state index contributed by atoms with van der Waals surface area (Å²) >= 11 is 0. The highest BCUT2D eigenvalue weighted by Crippen LogP contribution is 2.25. The van der Waals surface area contributed by atoms with Gasteiger partial charge in [0, 0.05) is 18.5 Å². The highest BCUT2D eigenvalue weighted by atomic mass is 16.6. The summed E-state index contributed by atoms with van der Waals surface area (Å²) in [6.07, 6.45) is 8.39. The van der Waals surface area contributed by atoms with Crippen LogP contribution in [0.2, 0.25) is 0 Å². The Bertz CT molecular complexity index is 554. The molecule has 6 nitrogen and oxygen atoms in total. The second-order valence-corrected chi connectivity index (χ2v) is 6.57. The molecule has 1 fully saturated rings. The van der Waals surface area contributed by atoms with Crippen LogP contribution < -0.4 is 10.6 Å². The van der Waals surface area contributed by atoms with E-state index in [4.69, 9.17) is 4.74 Å². The SMILES string of the molecule is CC(C)OC(=O)Nc1cnc(NCC2CCCCC2)c(CC=O)c1. The molecule has 132 valence electrons. The molecule has 0 spiro atoms. The molecule has 2 rings (SSSR count). The number of aromatic nitrogens is 1. The van der Waals surface area contributed by atoms with Crippen molar-refractivity contribution >= 4 is 23.9 Å². The molecule has 24 heavy (non-hydrogen) atoms. The Morgan fingerprint density at radius 3 is 2.79 bits per heavy atom. The number of nitrogens with zero attached hydrogens (tertiary/aromatic N) is 1. The first-order valence-electron chi connectivity index (χ1n) is 8.72. The maximum absolute atomic E-state index is 11.7. The molecule has 1 heterocycles. The first-order chi connectivity index (χ1) is 11.6. The molecule has 0 unspecified atom stereocenters. The summed E-state index contributed by atoms with van der Waals surface area (Å²) in [5.74, 6) is 1.39. The molecule has 0 radical (unpaired) electrons. The average Bonchev–Trinajstić information content (AvgIpc) is 2.54. The standard InChI is InChI=1S/C18H27N3O3/c1-13(2)24-18(23)21-16-10-15(8-9-22)17(20-12-16)19-11-14-6-4-3-5-7-14/h9-10,12-14H,3-8,11H2,1-2H3,(H,19,20)(H,21,23). The number of nitrogens with one attached hydrogen (secondary N) is 2. The van der Waals surface area contributed by atoms with E-state index in [0.29, 0.717) is 11.6 Å². The lowest BCUT2D eigenvalue weighted by molar-refractivity contribution is -0.107. The van der Waals surface area contributed by atoms with Gasteiger partial charge < -0.3 is 14.8 Å². The van der Waals surface area contributed by atoms with Crippen LogP contribution in [0.15, 0.2) is 12.3 Å². The van der Waals surface area contributed by atoms with Gasteiger partial charge in [0.15, 0.2) is 0 Å². The fourth-order valence-electron chi connectivity index (χ4n) is 2.98. The van der Waals surface area contributed by atoms with Gasteiger partial charge in [-0.3, -0.25) is 5.32 Å². The Morgan fingerprint density at radius 2 is 2.12 bits per heavy atom. The van der Waals surface area contributed by atoms with Gasteiger partial charge in [-0.1, -0.05) is 19.3 Å². The number of carbonyl (C=O) groups excluding carboxylic acids is 2. The number of aldehydes is 1. The third kappa shape index (κ3) is 5.83. The van der Waals surface area contributed by atoms with Crippen LogP contribution in [0.1, 0.15) is 51.5 Å². The van der Waals surface area contributed by atoms with Crippen molar-refractivity contribution < 1.29 is 14.3 Å². The topological polar surface area (TPSA) is 80.3 Å². The predicted molar refractivity (Wildman–Crippen MR) is 94.3 cm³/mol. The molecular weight excluding hydrogens is 306 g/mol. The summed E-state index contributed by atoms with van der Waals surface area (Å²) in [5.41, 5.74) is 1.31. The van der Waals surface area contributed by atoms with Gasteiger partial charge in [0.1, 0.15) is 12.1 Å². The van der Waals surface area contributed by atoms with Gasteiger partial charge in [0.25, 0.3) is 0 Å². The number of ether oxygens (including phenoxy) is 1. The van der Waals surface area contributed by atoms with E-state index in [9.17, 15) is 9.59 Å². The molecule has 1 aliphatic rings. The molecule has 0 bridgehead atoms. The van der Waals surface area contributed by atoms with Crippen LogP contribution in [-0.4, -0.2) is 30.0 Å². The van der Waals surface area contributed by atoms with Gasteiger partial charge in [-0.15, -0.1) is 0 Å². The van der Waals surface area contributed by atoms with Gasteiger partial charge >= 0.3 is 6.09 Å². The summed E-state index contributed by atoms with van der Waals surface area (Å²) in [7, 11) is 0. The molecule has 1 aromatic rings. The van der Waals surface area contributed by atoms with Gasteiger partial charge in [-0.2, -0.15) is 0 Å². The quantitative estimate of drug-likeness (QED) is 0.742. The van der Waals surface area contributed by atoms with E-state index in [-0.39, 0.29) is 12.5 Å². The molecule has 1 saturated carbocycles. The zero-order valence-electron chi connectivity index (χ0n) is 14.5. The predicted octanol–water partition coefficient (Wildman–Crippen LogP) is 3.77. The van der Waals surface area contributed by atoms with Crippen LogP contribution in [0.4, 0.5) is 16.3 Å². The third-order valence-corrected chi connectivity index (χ3v) is 4.14. The van der Waals surface area contributed by atoms with Crippen molar-refractivity contribution in [2.24, 2.45) is 5.92 Å². The van der Waals surface area contributed by atoms with Crippen LogP contribution in [-0.2, 0) is 16.0 Å². The van der Waals surface area contributed by atoms with E-state index in [1.807, 2.05) is 0 Å². The van der Waals surface area contributed by atoms with E-state index >= 15 is 0 Å². The van der Waals surface area contributed by atoms with Gasteiger partial charge in [-0.25, -0.2) is 9.78 Å². The fraction of sp³-hybridized carbons (Fsp3) is 0.611. The van der Waals surface area contributed by atoms with Crippen LogP contribution >= 0.6 is 0 Å². The van der Waals surface area contributed by atoms with Crippen molar-refractivity contribution in [1.29, 1.82) is 0 Å². The van der Waals surface area contributed by atoms with Crippen molar-refractivity contribution in [3.05, 3.63) is 17.8 Å². The van der Waals surface area contributed by atoms with E-state index in [1.165, 1.54) is 32.1 Å². The summed E-state index contributed by atoms with van der Waals surface area (Å²) < 4.78 is 5.05. The van der Waals surface area contributed by atoms with Crippen LogP contribution in [0, 0.1) is 5.92 Å². The van der Waals surface area contributed by atoms with Crippen molar-refractivity contribution in [1.82, 2.24) is 4.98 Å². The Hall–Kier alpha value is -2.11. The number of pyridine rings is 1. The Balaban J connectivity index is 1.99. The maximum Gasteiger partial charge on any atom is 0.411 e. The number of anilines is 2. The van der Waals surface area contributed by atoms with Crippen LogP contribution in [0.3, 0.4) is 0 Å². The Kier molecular flexibility index (Phi) is 7.03. The van der Waals surface area contributed by atoms with Gasteiger partial charge in [0.05, 0.1) is 18.0 Å². The van der Waals surface area contributed by atoms with E-state index < -0.39 is 6.09 Å². The number of rotatable bonds is 7. The van der Waals surface area contributed by atoms with Crippen LogP contribution in [0.25, 0.3) is 0 Å². The summed E-state index contributed by atoms with van der Waals surface area (Å²) in [6.45, 7) is 4.45. The number of amides is 1. The second-order valence-electron chi connectivity index (χ2n) is 6.57. The van der Waals surface area contributed by atoms with E-state index in [0.717, 1.165) is 24.2 Å². The largest absolute Gasteiger partial charge is 0.447 e. The maximum atomic E-state index is 11.7. The first-order valence-corrected chi connectivity index (χ1v) is 8.72. The summed E-state index contributed by atoms with van der Waals surface area (Å²) in [6, 6.07) is 1.77. The van der Waals surface area contributed by atoms with Gasteiger partial charge in [-0.05, 0) is 38.7 Å². The lowest BCUT2D eigenvalue weighted by atomic mass is 9.89. The minimum Gasteiger partial charge on any atom is -0.447 e. The average molecular weight is 333 g/mol. The fourth-order valence-corrected chi connectivity index (χ4v) is 2.98. The molecular formula is C18H27N3O3. The number of hydrogen-bond acceptors (Lipinski definition) is 5. The highest BCUT2D eigenvalue weighted by Gasteiger charge is 2.15. The zero-order chi connectivity index (χ0) is 17.4. The lowest BCUT2D eigenvalue weighted by Crippen LogP contribution is -2.20. The third-order valence-electron chi connectivity index (χ3n) is 4.14. The van der Waals surface area contributed by atoms with Crippen molar-refractivity contribution in [2.45, 2.75) is 58.5 Å². The number of carbonyl (C=O) groups is 2. The van der Waals surface area contributed by atoms with E-state index in [1.54, 1.807) is 26.1 Å². The molecule has 1 amide bonds. The molecule has 2 N–H and O–H groups in total. The van der Waals surface area contributed by atoms with Gasteiger partial charge in [0.2, 0.25) is 0 Å². The Morgan fingerprint density at radius 1 is 1.38 bits per heavy atom. The second kappa shape index (κ2) is 9.25. The van der Waals surface area contributed by atoms with E-state index in [2.05, 4.69) is 15.6 Å². The number of hydrogen-bond donors (Lipinski definition) is 2. The summed E-state index contributed by atoms with van der Waals surface area (Å²) in [5, 5.41) is 6.00. The molecule has 0 atom stereocenters. The summed E-state index contributed by atoms with van der Waals surface area (Å²) in [4.78, 5) is 27.0. The molecule has 0 aliphatic heterocycles. The highest BCUT2D eigenvalue weighted by molar-refractivity contribution is 5.85. The molecule has 1 aliphatic carbocycles. The van der Waals surface area contributed by atoms with Crippen LogP contribution in [0.5, 0.6) is 0 Å². The minimum atomic E-state index is -0.522. The Labute approximate surface area is 143 Å². The molecule has 0 aromatic carbocycles. The monoisotopic (exact) mass is 333 g/mol. The lowest BCUT2D eigenvalue weighted by Gasteiger charge is -2.22. The van der Waals surface area contributed by atoms with Crippen molar-refractivity contribution in [3.63, 3.8) is 0 Å². The minimum absolute atomic E-state index is 0.191. The molecule has 1 aromatic heterocycles. The molecule has 6 heteroatoms. The zero-order valence-corrected chi connectivity index (χ0v) is 14.5. The molecule has 0 saturated heterocycles. The normalized spacial score (nSPS) is 15.1.